The molecule has 15 unspecified atom stereocenters. The van der Waals surface area contributed by atoms with E-state index in [1.54, 1.807) is 57.2 Å². The van der Waals surface area contributed by atoms with Gasteiger partial charge in [0.25, 0.3) is 0 Å². The van der Waals surface area contributed by atoms with Crippen molar-refractivity contribution in [3.8, 4) is 50.6 Å². The zero-order valence-corrected chi connectivity index (χ0v) is 37.3. The SMILES string of the molecule is Cc1cc(-c2cc(-c3ccc(OC4OC(CO)C(O)C(O)C4(C)O)c(C)c3)cc(-c3ccc(OC4OC(CO)C(O)C(O)C4(C)O)c(C)c3)c2)ccc1OC1OC(CO)C(O)C(O)C1(C)O. The number of ether oxygens (including phenoxy) is 6. The molecule has 0 bridgehead atoms. The van der Waals surface area contributed by atoms with Gasteiger partial charge in [-0.25, -0.2) is 0 Å². The smallest absolute Gasteiger partial charge is 0.231 e. The monoisotopic (exact) mass is 924 g/mol. The van der Waals surface area contributed by atoms with E-state index in [0.717, 1.165) is 33.4 Å². The summed E-state index contributed by atoms with van der Waals surface area (Å²) in [7, 11) is 0. The Morgan fingerprint density at radius 1 is 0.409 bits per heavy atom. The minimum Gasteiger partial charge on any atom is -0.461 e. The van der Waals surface area contributed by atoms with E-state index in [1.165, 1.54) is 20.8 Å². The molecule has 3 heterocycles. The van der Waals surface area contributed by atoms with Crippen LogP contribution in [0.5, 0.6) is 17.2 Å². The van der Waals surface area contributed by atoms with Gasteiger partial charge in [0.15, 0.2) is 16.8 Å². The van der Waals surface area contributed by atoms with Crippen LogP contribution in [0.4, 0.5) is 0 Å². The van der Waals surface area contributed by atoms with Crippen molar-refractivity contribution in [2.45, 2.75) is 132 Å². The largest absolute Gasteiger partial charge is 0.461 e. The van der Waals surface area contributed by atoms with Crippen LogP contribution in [0.1, 0.15) is 37.5 Å². The summed E-state index contributed by atoms with van der Waals surface area (Å²) in [4.78, 5) is 0. The molecule has 0 aromatic heterocycles. The molecular formula is C48H60O18. The van der Waals surface area contributed by atoms with Crippen LogP contribution in [0, 0.1) is 20.8 Å². The lowest BCUT2D eigenvalue weighted by atomic mass is 9.88. The van der Waals surface area contributed by atoms with Gasteiger partial charge >= 0.3 is 0 Å². The van der Waals surface area contributed by atoms with Gasteiger partial charge < -0.3 is 89.7 Å². The number of aliphatic hydroxyl groups is 12. The Kier molecular flexibility index (Phi) is 14.3. The van der Waals surface area contributed by atoms with Crippen molar-refractivity contribution < 1.29 is 89.7 Å². The van der Waals surface area contributed by atoms with Crippen LogP contribution < -0.4 is 14.2 Å². The maximum absolute atomic E-state index is 11.1. The molecule has 3 fully saturated rings. The highest BCUT2D eigenvalue weighted by Gasteiger charge is 2.55. The van der Waals surface area contributed by atoms with Crippen LogP contribution in [-0.2, 0) is 14.2 Å². The van der Waals surface area contributed by atoms with Gasteiger partial charge in [0.2, 0.25) is 18.9 Å². The zero-order valence-electron chi connectivity index (χ0n) is 37.3. The second kappa shape index (κ2) is 19.0. The minimum atomic E-state index is -2.03. The fraction of sp³-hybridized carbons (Fsp3) is 0.500. The summed E-state index contributed by atoms with van der Waals surface area (Å²) in [5.74, 6) is 0.916. The average molecular weight is 925 g/mol. The summed E-state index contributed by atoms with van der Waals surface area (Å²) >= 11 is 0. The van der Waals surface area contributed by atoms with E-state index in [9.17, 15) is 61.3 Å². The van der Waals surface area contributed by atoms with Crippen LogP contribution in [-0.4, -0.2) is 172 Å². The molecule has 3 saturated heterocycles. The Morgan fingerprint density at radius 3 is 0.864 bits per heavy atom. The normalized spacial score (nSPS) is 35.9. The lowest BCUT2D eigenvalue weighted by Gasteiger charge is -2.45. The summed E-state index contributed by atoms with van der Waals surface area (Å²) in [6.07, 6.45) is -17.6. The Hall–Kier alpha value is -4.32. The lowest BCUT2D eigenvalue weighted by molar-refractivity contribution is -0.314. The highest BCUT2D eigenvalue weighted by Crippen LogP contribution is 2.40. The van der Waals surface area contributed by atoms with Crippen molar-refractivity contribution in [3.63, 3.8) is 0 Å². The second-order valence-electron chi connectivity index (χ2n) is 18.1. The number of rotatable bonds is 12. The second-order valence-corrected chi connectivity index (χ2v) is 18.1. The molecule has 12 N–H and O–H groups in total. The summed E-state index contributed by atoms with van der Waals surface area (Å²) < 4.78 is 35.2. The molecule has 18 nitrogen and oxygen atoms in total. The molecule has 3 aliphatic rings. The quantitative estimate of drug-likeness (QED) is 0.0911. The van der Waals surface area contributed by atoms with Crippen molar-refractivity contribution in [1.82, 2.24) is 0 Å². The number of aliphatic hydroxyl groups excluding tert-OH is 9. The van der Waals surface area contributed by atoms with Crippen LogP contribution in [0.3, 0.4) is 0 Å². The molecule has 0 amide bonds. The van der Waals surface area contributed by atoms with Crippen molar-refractivity contribution in [3.05, 3.63) is 89.5 Å². The third kappa shape index (κ3) is 9.30. The fourth-order valence-electron chi connectivity index (χ4n) is 8.45. The molecule has 4 aromatic rings. The summed E-state index contributed by atoms with van der Waals surface area (Å²) in [6, 6.07) is 21.9. The van der Waals surface area contributed by atoms with Gasteiger partial charge in [0, 0.05) is 0 Å². The van der Waals surface area contributed by atoms with E-state index in [2.05, 4.69) is 0 Å². The van der Waals surface area contributed by atoms with Crippen LogP contribution in [0.15, 0.2) is 72.8 Å². The standard InChI is InChI=1S/C48H60O18/c1-22-13-25(7-10-31(22)61-43-46(4,58)40(55)37(52)34(19-49)64-43)28-16-29(26-8-11-32(23(2)14-26)62-44-47(5,59)41(56)38(53)35(20-50)65-44)18-30(17-28)27-9-12-33(24(3)15-27)63-45-48(6,60)42(57)39(54)36(21-51)66-45/h7-18,34-45,49-60H,19-21H2,1-6H3. The van der Waals surface area contributed by atoms with Crippen LogP contribution >= 0.6 is 0 Å². The highest BCUT2D eigenvalue weighted by molar-refractivity contribution is 5.82. The van der Waals surface area contributed by atoms with Gasteiger partial charge in [-0.2, -0.15) is 0 Å². The molecule has 0 saturated carbocycles. The van der Waals surface area contributed by atoms with Gasteiger partial charge in [-0.15, -0.1) is 0 Å². The van der Waals surface area contributed by atoms with E-state index >= 15 is 0 Å². The molecule has 360 valence electrons. The molecule has 0 spiro atoms. The maximum atomic E-state index is 11.1. The number of hydrogen-bond acceptors (Lipinski definition) is 18. The van der Waals surface area contributed by atoms with Crippen molar-refractivity contribution in [1.29, 1.82) is 0 Å². The average Bonchev–Trinajstić information content (AvgIpc) is 3.28. The summed E-state index contributed by atoms with van der Waals surface area (Å²) in [5, 5.41) is 125. The predicted octanol–water partition coefficient (Wildman–Crippen LogP) is 0.319. The number of aryl methyl sites for hydroxylation is 3. The van der Waals surface area contributed by atoms with Gasteiger partial charge in [-0.1, -0.05) is 18.2 Å². The van der Waals surface area contributed by atoms with E-state index < -0.39 is 110 Å². The zero-order chi connectivity index (χ0) is 48.2. The van der Waals surface area contributed by atoms with Crippen LogP contribution in [0.25, 0.3) is 33.4 Å². The first kappa shape index (κ1) is 49.6. The third-order valence-corrected chi connectivity index (χ3v) is 12.9. The van der Waals surface area contributed by atoms with Gasteiger partial charge in [-0.3, -0.25) is 0 Å². The van der Waals surface area contributed by atoms with Crippen molar-refractivity contribution >= 4 is 0 Å². The molecule has 15 atom stereocenters. The minimum absolute atomic E-state index is 0.305. The first-order valence-electron chi connectivity index (χ1n) is 21.6. The third-order valence-electron chi connectivity index (χ3n) is 12.9. The lowest BCUT2D eigenvalue weighted by Crippen LogP contribution is -2.66. The summed E-state index contributed by atoms with van der Waals surface area (Å²) in [6.45, 7) is 7.28. The fourth-order valence-corrected chi connectivity index (χ4v) is 8.45. The summed E-state index contributed by atoms with van der Waals surface area (Å²) in [5.41, 5.74) is 0.317. The van der Waals surface area contributed by atoms with E-state index in [4.69, 9.17) is 28.4 Å². The molecule has 66 heavy (non-hydrogen) atoms. The number of hydrogen-bond donors (Lipinski definition) is 12. The Balaban J connectivity index is 1.24. The molecule has 18 heteroatoms. The van der Waals surface area contributed by atoms with Crippen molar-refractivity contribution in [2.75, 3.05) is 19.8 Å². The number of benzene rings is 4. The maximum Gasteiger partial charge on any atom is 0.231 e. The predicted molar refractivity (Wildman–Crippen MR) is 234 cm³/mol. The van der Waals surface area contributed by atoms with Gasteiger partial charge in [0.05, 0.1) is 19.8 Å². The first-order valence-corrected chi connectivity index (χ1v) is 21.6. The van der Waals surface area contributed by atoms with Crippen molar-refractivity contribution in [2.24, 2.45) is 0 Å². The molecule has 0 aliphatic carbocycles. The molecule has 7 rings (SSSR count). The van der Waals surface area contributed by atoms with E-state index in [1.807, 2.05) is 36.4 Å². The van der Waals surface area contributed by atoms with Gasteiger partial charge in [-0.05, 0) is 146 Å². The molecule has 4 aromatic carbocycles. The topological polar surface area (TPSA) is 298 Å². The molecule has 0 radical (unpaired) electrons. The highest BCUT2D eigenvalue weighted by atomic mass is 16.7. The van der Waals surface area contributed by atoms with E-state index in [-0.39, 0.29) is 0 Å². The van der Waals surface area contributed by atoms with Crippen LogP contribution in [0.2, 0.25) is 0 Å². The van der Waals surface area contributed by atoms with Gasteiger partial charge in [0.1, 0.15) is 72.2 Å². The first-order chi connectivity index (χ1) is 31.0. The van der Waals surface area contributed by atoms with E-state index in [0.29, 0.717) is 33.9 Å². The molecule has 3 aliphatic heterocycles. The molecular weight excluding hydrogens is 865 g/mol. The Morgan fingerprint density at radius 2 is 0.652 bits per heavy atom. The Labute approximate surface area is 381 Å². The Bertz CT molecular complexity index is 2080.